The predicted molar refractivity (Wildman–Crippen MR) is 82.4 cm³/mol. The van der Waals surface area contributed by atoms with E-state index in [0.29, 0.717) is 17.8 Å². The minimum atomic E-state index is -0.0124. The highest BCUT2D eigenvalue weighted by Gasteiger charge is 2.21. The van der Waals surface area contributed by atoms with E-state index >= 15 is 0 Å². The highest BCUT2D eigenvalue weighted by Crippen LogP contribution is 2.24. The molecule has 0 aliphatic carbocycles. The van der Waals surface area contributed by atoms with Crippen LogP contribution in [0.3, 0.4) is 0 Å². The molecule has 2 aromatic rings. The summed E-state index contributed by atoms with van der Waals surface area (Å²) in [4.78, 5) is 16.5. The van der Waals surface area contributed by atoms with Crippen LogP contribution in [0.4, 0.5) is 5.69 Å². The highest BCUT2D eigenvalue weighted by atomic mass is 16.5. The standard InChI is InChI=1S/C17H14N2O2/c20-17-11-15(12-6-2-1-3-7-12)18-16(17)10-13-8-4-5-9-14(13)19-21/h1-10,19,21H,11H2/b16-10+. The number of Topliss-reactive ketones (excluding diaryl/α,β-unsaturated/α-hetero) is 1. The summed E-state index contributed by atoms with van der Waals surface area (Å²) >= 11 is 0. The van der Waals surface area contributed by atoms with Crippen molar-refractivity contribution in [3.8, 4) is 0 Å². The predicted octanol–water partition coefficient (Wildman–Crippen LogP) is 3.29. The van der Waals surface area contributed by atoms with Gasteiger partial charge in [-0.15, -0.1) is 0 Å². The first-order chi connectivity index (χ1) is 10.3. The zero-order chi connectivity index (χ0) is 14.7. The summed E-state index contributed by atoms with van der Waals surface area (Å²) in [5.41, 5.74) is 5.54. The Kier molecular flexibility index (Phi) is 3.62. The third kappa shape index (κ3) is 2.75. The van der Waals surface area contributed by atoms with E-state index in [0.717, 1.165) is 16.8 Å². The molecule has 2 N–H and O–H groups in total. The van der Waals surface area contributed by atoms with Gasteiger partial charge in [0.05, 0.1) is 17.8 Å². The number of aliphatic imine (C=N–C) groups is 1. The number of rotatable bonds is 3. The van der Waals surface area contributed by atoms with Crippen molar-refractivity contribution in [1.29, 1.82) is 0 Å². The molecule has 0 spiro atoms. The van der Waals surface area contributed by atoms with Gasteiger partial charge in [0.1, 0.15) is 5.70 Å². The normalized spacial score (nSPS) is 16.1. The second kappa shape index (κ2) is 5.73. The number of carbonyl (C=O) groups excluding carboxylic acids is 1. The van der Waals surface area contributed by atoms with E-state index in [1.807, 2.05) is 42.5 Å². The molecule has 21 heavy (non-hydrogen) atoms. The highest BCUT2D eigenvalue weighted by molar-refractivity contribution is 6.22. The molecule has 1 aliphatic rings. The van der Waals surface area contributed by atoms with Crippen LogP contribution in [0.25, 0.3) is 6.08 Å². The van der Waals surface area contributed by atoms with Gasteiger partial charge in [0.2, 0.25) is 0 Å². The molecule has 2 aromatic carbocycles. The summed E-state index contributed by atoms with van der Waals surface area (Å²) in [6, 6.07) is 16.9. The van der Waals surface area contributed by atoms with Crippen molar-refractivity contribution in [3.05, 3.63) is 71.4 Å². The van der Waals surface area contributed by atoms with Gasteiger partial charge in [0.25, 0.3) is 0 Å². The van der Waals surface area contributed by atoms with Crippen molar-refractivity contribution in [3.63, 3.8) is 0 Å². The first-order valence-electron chi connectivity index (χ1n) is 6.65. The maximum atomic E-state index is 12.1. The molecule has 0 saturated carbocycles. The monoisotopic (exact) mass is 278 g/mol. The molecule has 0 radical (unpaired) electrons. The Balaban J connectivity index is 1.97. The minimum Gasteiger partial charge on any atom is -0.292 e. The van der Waals surface area contributed by atoms with E-state index in [9.17, 15) is 4.79 Å². The molecular formula is C17H14N2O2. The van der Waals surface area contributed by atoms with E-state index in [-0.39, 0.29) is 5.78 Å². The van der Waals surface area contributed by atoms with Gasteiger partial charge in [-0.2, -0.15) is 0 Å². The average Bonchev–Trinajstić information content (AvgIpc) is 2.90. The van der Waals surface area contributed by atoms with E-state index in [1.165, 1.54) is 0 Å². The molecular weight excluding hydrogens is 264 g/mol. The molecule has 1 heterocycles. The van der Waals surface area contributed by atoms with Crippen molar-refractivity contribution in [2.75, 3.05) is 5.48 Å². The SMILES string of the molecule is O=C1CC(c2ccccc2)=N/C1=C/c1ccccc1NO. The van der Waals surface area contributed by atoms with E-state index in [2.05, 4.69) is 10.5 Å². The fraction of sp³-hybridized carbons (Fsp3) is 0.0588. The second-order valence-electron chi connectivity index (χ2n) is 4.75. The fourth-order valence-electron chi connectivity index (χ4n) is 2.27. The van der Waals surface area contributed by atoms with E-state index in [1.54, 1.807) is 18.2 Å². The number of hydrogen-bond acceptors (Lipinski definition) is 4. The number of benzene rings is 2. The van der Waals surface area contributed by atoms with E-state index in [4.69, 9.17) is 5.21 Å². The van der Waals surface area contributed by atoms with Gasteiger partial charge >= 0.3 is 0 Å². The maximum Gasteiger partial charge on any atom is 0.187 e. The molecule has 0 aromatic heterocycles. The summed E-state index contributed by atoms with van der Waals surface area (Å²) in [7, 11) is 0. The van der Waals surface area contributed by atoms with Gasteiger partial charge in [-0.05, 0) is 17.7 Å². The lowest BCUT2D eigenvalue weighted by Crippen LogP contribution is -2.00. The van der Waals surface area contributed by atoms with Gasteiger partial charge < -0.3 is 0 Å². The molecule has 3 rings (SSSR count). The maximum absolute atomic E-state index is 12.1. The largest absolute Gasteiger partial charge is 0.292 e. The number of para-hydroxylation sites is 1. The van der Waals surface area contributed by atoms with Crippen LogP contribution in [-0.2, 0) is 4.79 Å². The average molecular weight is 278 g/mol. The quantitative estimate of drug-likeness (QED) is 0.669. The van der Waals surface area contributed by atoms with Crippen LogP contribution in [0.15, 0.2) is 65.3 Å². The summed E-state index contributed by atoms with van der Waals surface area (Å²) in [6.07, 6.45) is 2.00. The van der Waals surface area contributed by atoms with Crippen LogP contribution < -0.4 is 5.48 Å². The lowest BCUT2D eigenvalue weighted by atomic mass is 10.1. The molecule has 0 atom stereocenters. The molecule has 0 unspecified atom stereocenters. The van der Waals surface area contributed by atoms with Gasteiger partial charge in [-0.3, -0.25) is 15.5 Å². The van der Waals surface area contributed by atoms with Crippen LogP contribution in [0, 0.1) is 0 Å². The van der Waals surface area contributed by atoms with Crippen LogP contribution in [0.2, 0.25) is 0 Å². The van der Waals surface area contributed by atoms with Gasteiger partial charge in [-0.25, -0.2) is 4.99 Å². The van der Waals surface area contributed by atoms with Gasteiger partial charge in [-0.1, -0.05) is 48.5 Å². The zero-order valence-electron chi connectivity index (χ0n) is 11.3. The van der Waals surface area contributed by atoms with Crippen molar-refractivity contribution in [1.82, 2.24) is 0 Å². The van der Waals surface area contributed by atoms with Gasteiger partial charge in [0, 0.05) is 5.56 Å². The topological polar surface area (TPSA) is 61.7 Å². The first-order valence-corrected chi connectivity index (χ1v) is 6.65. The molecule has 4 nitrogen and oxygen atoms in total. The van der Waals surface area contributed by atoms with Gasteiger partial charge in [0.15, 0.2) is 5.78 Å². The summed E-state index contributed by atoms with van der Waals surface area (Å²) in [6.45, 7) is 0. The number of ketones is 1. The fourth-order valence-corrected chi connectivity index (χ4v) is 2.27. The second-order valence-corrected chi connectivity index (χ2v) is 4.75. The Labute approximate surface area is 122 Å². The Morgan fingerprint density at radius 3 is 2.52 bits per heavy atom. The van der Waals surface area contributed by atoms with Crippen LogP contribution in [0.1, 0.15) is 17.5 Å². The lowest BCUT2D eigenvalue weighted by molar-refractivity contribution is -0.114. The summed E-state index contributed by atoms with van der Waals surface area (Å²) in [5.74, 6) is -0.0124. The van der Waals surface area contributed by atoms with Crippen LogP contribution in [0.5, 0.6) is 0 Å². The van der Waals surface area contributed by atoms with Crippen molar-refractivity contribution in [2.24, 2.45) is 4.99 Å². The first kappa shape index (κ1) is 13.3. The van der Waals surface area contributed by atoms with Crippen molar-refractivity contribution >= 4 is 23.3 Å². The summed E-state index contributed by atoms with van der Waals surface area (Å²) in [5, 5.41) is 9.09. The summed E-state index contributed by atoms with van der Waals surface area (Å²) < 4.78 is 0. The van der Waals surface area contributed by atoms with Crippen LogP contribution in [-0.4, -0.2) is 16.7 Å². The number of anilines is 1. The number of nitrogens with zero attached hydrogens (tertiary/aromatic N) is 1. The molecule has 0 fully saturated rings. The Bertz CT molecular complexity index is 733. The zero-order valence-corrected chi connectivity index (χ0v) is 11.3. The Hall–Kier alpha value is -2.72. The number of allylic oxidation sites excluding steroid dienone is 1. The molecule has 4 heteroatoms. The van der Waals surface area contributed by atoms with Crippen LogP contribution >= 0.6 is 0 Å². The third-order valence-corrected chi connectivity index (χ3v) is 3.35. The van der Waals surface area contributed by atoms with E-state index < -0.39 is 0 Å². The third-order valence-electron chi connectivity index (χ3n) is 3.35. The minimum absolute atomic E-state index is 0.0124. The number of nitrogens with one attached hydrogen (secondary N) is 1. The Morgan fingerprint density at radius 1 is 1.05 bits per heavy atom. The Morgan fingerprint density at radius 2 is 1.76 bits per heavy atom. The molecule has 0 amide bonds. The smallest absolute Gasteiger partial charge is 0.187 e. The molecule has 0 saturated heterocycles. The lowest BCUT2D eigenvalue weighted by Gasteiger charge is -2.03. The molecule has 0 bridgehead atoms. The molecule has 104 valence electrons. The molecule has 1 aliphatic heterocycles. The van der Waals surface area contributed by atoms with Crippen molar-refractivity contribution < 1.29 is 10.0 Å². The number of hydrogen-bond donors (Lipinski definition) is 2. The number of carbonyl (C=O) groups is 1. The van der Waals surface area contributed by atoms with Crippen molar-refractivity contribution in [2.45, 2.75) is 6.42 Å².